The molecule has 3 N–H and O–H groups in total. The lowest BCUT2D eigenvalue weighted by Gasteiger charge is -2.22. The predicted molar refractivity (Wildman–Crippen MR) is 129 cm³/mol. The summed E-state index contributed by atoms with van der Waals surface area (Å²) in [6.07, 6.45) is -0.798. The molecule has 1 heterocycles. The molecule has 0 aliphatic rings. The van der Waals surface area contributed by atoms with E-state index in [0.29, 0.717) is 17.2 Å². The Kier molecular flexibility index (Phi) is 8.63. The second-order valence-electron chi connectivity index (χ2n) is 8.72. The van der Waals surface area contributed by atoms with E-state index < -0.39 is 23.6 Å². The average molecular weight is 501 g/mol. The van der Waals surface area contributed by atoms with E-state index in [1.807, 2.05) is 24.3 Å². The number of alkyl halides is 3. The summed E-state index contributed by atoms with van der Waals surface area (Å²) in [5, 5.41) is 14.5. The molecule has 2 aromatic carbocycles. The molecule has 1 atom stereocenters. The standard InChI is InChI=1S/C26H27F3N4O3/c1-16(2)13-22(33-21-14-31-24(32-15-21)25(36)30-12-11-23(34)35)19-5-3-17(4-6-19)18-7-9-20(10-8-18)26(27,28)29/h3-10,14-16,22,33H,11-13H2,1-2H3,(H,30,36)(H,34,35)/t22-/m0/s1. The summed E-state index contributed by atoms with van der Waals surface area (Å²) in [6, 6.07) is 12.6. The molecule has 10 heteroatoms. The lowest BCUT2D eigenvalue weighted by molar-refractivity contribution is -0.138. The summed E-state index contributed by atoms with van der Waals surface area (Å²) in [5.41, 5.74) is 2.39. The molecule has 0 saturated heterocycles. The van der Waals surface area contributed by atoms with Crippen LogP contribution < -0.4 is 10.6 Å². The van der Waals surface area contributed by atoms with E-state index in [-0.39, 0.29) is 24.8 Å². The fourth-order valence-electron chi connectivity index (χ4n) is 3.59. The number of nitrogens with zero attached hydrogens (tertiary/aromatic N) is 2. The van der Waals surface area contributed by atoms with E-state index in [2.05, 4.69) is 34.4 Å². The number of anilines is 1. The van der Waals surface area contributed by atoms with E-state index in [0.717, 1.165) is 29.7 Å². The summed E-state index contributed by atoms with van der Waals surface area (Å²) in [4.78, 5) is 30.7. The first kappa shape index (κ1) is 26.7. The normalized spacial score (nSPS) is 12.3. The van der Waals surface area contributed by atoms with Gasteiger partial charge in [-0.1, -0.05) is 50.2 Å². The Labute approximate surface area is 206 Å². The molecule has 3 aromatic rings. The zero-order valence-electron chi connectivity index (χ0n) is 19.8. The SMILES string of the molecule is CC(C)C[C@H](Nc1cnc(C(=O)NCCC(=O)O)nc1)c1ccc(-c2ccc(C(F)(F)F)cc2)cc1. The number of halogens is 3. The Morgan fingerprint density at radius 3 is 2.00 bits per heavy atom. The van der Waals surface area contributed by atoms with E-state index in [9.17, 15) is 22.8 Å². The highest BCUT2D eigenvalue weighted by molar-refractivity contribution is 5.90. The van der Waals surface area contributed by atoms with Gasteiger partial charge >= 0.3 is 12.1 Å². The molecule has 0 saturated carbocycles. The van der Waals surface area contributed by atoms with Crippen LogP contribution in [-0.2, 0) is 11.0 Å². The molecule has 0 unspecified atom stereocenters. The lowest BCUT2D eigenvalue weighted by Crippen LogP contribution is -2.27. The van der Waals surface area contributed by atoms with Gasteiger partial charge < -0.3 is 15.7 Å². The molecular weight excluding hydrogens is 473 g/mol. The second kappa shape index (κ2) is 11.7. The van der Waals surface area contributed by atoms with Gasteiger partial charge in [0.25, 0.3) is 5.91 Å². The largest absolute Gasteiger partial charge is 0.481 e. The number of carboxylic acid groups (broad SMARTS) is 1. The number of amides is 1. The lowest BCUT2D eigenvalue weighted by atomic mass is 9.94. The van der Waals surface area contributed by atoms with Crippen molar-refractivity contribution in [3.05, 3.63) is 77.9 Å². The maximum absolute atomic E-state index is 12.8. The highest BCUT2D eigenvalue weighted by Gasteiger charge is 2.30. The topological polar surface area (TPSA) is 104 Å². The molecule has 190 valence electrons. The Morgan fingerprint density at radius 2 is 1.50 bits per heavy atom. The zero-order valence-corrected chi connectivity index (χ0v) is 19.8. The number of carbonyl (C=O) groups excluding carboxylic acids is 1. The van der Waals surface area contributed by atoms with Crippen molar-refractivity contribution in [2.45, 2.75) is 38.9 Å². The van der Waals surface area contributed by atoms with Crippen LogP contribution in [0.3, 0.4) is 0 Å². The number of hydrogen-bond donors (Lipinski definition) is 3. The second-order valence-corrected chi connectivity index (χ2v) is 8.72. The van der Waals surface area contributed by atoms with Crippen molar-refractivity contribution < 1.29 is 27.9 Å². The number of carboxylic acids is 1. The van der Waals surface area contributed by atoms with Gasteiger partial charge in [0.15, 0.2) is 0 Å². The molecule has 1 aromatic heterocycles. The maximum Gasteiger partial charge on any atom is 0.416 e. The summed E-state index contributed by atoms with van der Waals surface area (Å²) in [5.74, 6) is -1.27. The molecule has 3 rings (SSSR count). The number of hydrogen-bond acceptors (Lipinski definition) is 5. The van der Waals surface area contributed by atoms with E-state index in [4.69, 9.17) is 5.11 Å². The van der Waals surface area contributed by atoms with Crippen molar-refractivity contribution in [2.75, 3.05) is 11.9 Å². The summed E-state index contributed by atoms with van der Waals surface area (Å²) >= 11 is 0. The van der Waals surface area contributed by atoms with Crippen molar-refractivity contribution in [3.8, 4) is 11.1 Å². The van der Waals surface area contributed by atoms with Crippen molar-refractivity contribution in [2.24, 2.45) is 5.92 Å². The van der Waals surface area contributed by atoms with Gasteiger partial charge in [-0.3, -0.25) is 9.59 Å². The molecule has 0 aliphatic heterocycles. The van der Waals surface area contributed by atoms with Crippen LogP contribution in [-0.4, -0.2) is 33.5 Å². The van der Waals surface area contributed by atoms with Gasteiger partial charge in [0.05, 0.1) is 36.1 Å². The van der Waals surface area contributed by atoms with Crippen molar-refractivity contribution in [3.63, 3.8) is 0 Å². The Hall–Kier alpha value is -3.95. The maximum atomic E-state index is 12.8. The fraction of sp³-hybridized carbons (Fsp3) is 0.308. The van der Waals surface area contributed by atoms with Crippen LogP contribution in [0.25, 0.3) is 11.1 Å². The fourth-order valence-corrected chi connectivity index (χ4v) is 3.59. The smallest absolute Gasteiger partial charge is 0.416 e. The zero-order chi connectivity index (χ0) is 26.3. The van der Waals surface area contributed by atoms with E-state index in [1.165, 1.54) is 24.5 Å². The highest BCUT2D eigenvalue weighted by atomic mass is 19.4. The molecule has 0 fully saturated rings. The van der Waals surface area contributed by atoms with E-state index >= 15 is 0 Å². The van der Waals surface area contributed by atoms with Gasteiger partial charge in [0.1, 0.15) is 0 Å². The van der Waals surface area contributed by atoms with Crippen LogP contribution in [0.2, 0.25) is 0 Å². The number of benzene rings is 2. The Bertz CT molecular complexity index is 1160. The van der Waals surface area contributed by atoms with Gasteiger partial charge in [-0.25, -0.2) is 9.97 Å². The average Bonchev–Trinajstić information content (AvgIpc) is 2.83. The van der Waals surface area contributed by atoms with E-state index in [1.54, 1.807) is 0 Å². The summed E-state index contributed by atoms with van der Waals surface area (Å²) in [6.45, 7) is 4.16. The van der Waals surface area contributed by atoms with Gasteiger partial charge in [0, 0.05) is 6.54 Å². The minimum Gasteiger partial charge on any atom is -0.481 e. The minimum atomic E-state index is -4.37. The number of carbonyl (C=O) groups is 2. The first-order chi connectivity index (χ1) is 17.0. The quantitative estimate of drug-likeness (QED) is 0.336. The third-order valence-electron chi connectivity index (χ3n) is 5.39. The first-order valence-corrected chi connectivity index (χ1v) is 11.4. The number of aromatic nitrogens is 2. The Balaban J connectivity index is 1.70. The van der Waals surface area contributed by atoms with Crippen LogP contribution in [0, 0.1) is 5.92 Å². The number of rotatable bonds is 10. The molecule has 0 aliphatic carbocycles. The molecular formula is C26H27F3N4O3. The molecule has 0 spiro atoms. The number of aliphatic carboxylic acids is 1. The van der Waals surface area contributed by atoms with Crippen LogP contribution in [0.4, 0.5) is 18.9 Å². The van der Waals surface area contributed by atoms with Crippen molar-refractivity contribution in [1.82, 2.24) is 15.3 Å². The number of nitrogens with one attached hydrogen (secondary N) is 2. The van der Waals surface area contributed by atoms with Crippen molar-refractivity contribution in [1.29, 1.82) is 0 Å². The molecule has 7 nitrogen and oxygen atoms in total. The first-order valence-electron chi connectivity index (χ1n) is 11.4. The van der Waals surface area contributed by atoms with Gasteiger partial charge in [-0.15, -0.1) is 0 Å². The van der Waals surface area contributed by atoms with Gasteiger partial charge in [0.2, 0.25) is 5.82 Å². The molecule has 36 heavy (non-hydrogen) atoms. The van der Waals surface area contributed by atoms with Crippen LogP contribution in [0.15, 0.2) is 60.9 Å². The third kappa shape index (κ3) is 7.53. The molecule has 1 amide bonds. The van der Waals surface area contributed by atoms with Gasteiger partial charge in [-0.2, -0.15) is 13.2 Å². The summed E-state index contributed by atoms with van der Waals surface area (Å²) < 4.78 is 38.5. The minimum absolute atomic E-state index is 0.0174. The van der Waals surface area contributed by atoms with Crippen molar-refractivity contribution >= 4 is 17.6 Å². The van der Waals surface area contributed by atoms with Crippen LogP contribution in [0.1, 0.15) is 54.5 Å². The van der Waals surface area contributed by atoms with Crippen LogP contribution in [0.5, 0.6) is 0 Å². The molecule has 0 radical (unpaired) electrons. The monoisotopic (exact) mass is 500 g/mol. The predicted octanol–water partition coefficient (Wildman–Crippen LogP) is 5.57. The highest BCUT2D eigenvalue weighted by Crippen LogP contribution is 2.32. The van der Waals surface area contributed by atoms with Gasteiger partial charge in [-0.05, 0) is 41.2 Å². The molecule has 0 bridgehead atoms. The third-order valence-corrected chi connectivity index (χ3v) is 5.39. The van der Waals surface area contributed by atoms with Crippen LogP contribution >= 0.6 is 0 Å². The summed E-state index contributed by atoms with van der Waals surface area (Å²) in [7, 11) is 0. The Morgan fingerprint density at radius 1 is 0.944 bits per heavy atom.